The summed E-state index contributed by atoms with van der Waals surface area (Å²) in [6.45, 7) is 1.66. The molecule has 1 atom stereocenters. The molecule has 0 radical (unpaired) electrons. The fourth-order valence-corrected chi connectivity index (χ4v) is 4.56. The highest BCUT2D eigenvalue weighted by Gasteiger charge is 2.24. The van der Waals surface area contributed by atoms with Crippen LogP contribution < -0.4 is 22.3 Å². The molecule has 4 rings (SSSR count). The van der Waals surface area contributed by atoms with Gasteiger partial charge in [-0.3, -0.25) is 9.36 Å². The van der Waals surface area contributed by atoms with Gasteiger partial charge in [0, 0.05) is 6.26 Å². The first-order chi connectivity index (χ1) is 16.0. The van der Waals surface area contributed by atoms with Gasteiger partial charge in [-0.2, -0.15) is 9.97 Å². The number of nitrogens with two attached hydrogens (primary N) is 2. The van der Waals surface area contributed by atoms with Gasteiger partial charge in [-0.1, -0.05) is 23.7 Å². The van der Waals surface area contributed by atoms with Gasteiger partial charge in [-0.15, -0.1) is 0 Å². The number of nitrogen functional groups attached to an aromatic ring is 2. The highest BCUT2D eigenvalue weighted by atomic mass is 35.5. The number of anilines is 3. The van der Waals surface area contributed by atoms with E-state index < -0.39 is 27.3 Å². The lowest BCUT2D eigenvalue weighted by molar-refractivity contribution is 0.602. The van der Waals surface area contributed by atoms with Crippen molar-refractivity contribution >= 4 is 49.9 Å². The van der Waals surface area contributed by atoms with E-state index >= 15 is 0 Å². The summed E-state index contributed by atoms with van der Waals surface area (Å²) < 4.78 is 39.9. The van der Waals surface area contributed by atoms with Crippen LogP contribution in [0.4, 0.5) is 22.0 Å². The van der Waals surface area contributed by atoms with Crippen molar-refractivity contribution in [2.24, 2.45) is 0 Å². The number of aromatic nitrogens is 4. The van der Waals surface area contributed by atoms with E-state index in [1.807, 2.05) is 0 Å². The maximum absolute atomic E-state index is 14.1. The SMILES string of the molecule is CC(Nc1nc(N)nc(N)c1Cl)c1nc2cccc(S(C)(=O)=O)c2c(=O)n1-c1cccc(F)c1. The number of hydrogen-bond acceptors (Lipinski definition) is 9. The van der Waals surface area contributed by atoms with Crippen molar-refractivity contribution in [1.29, 1.82) is 0 Å². The Kier molecular flexibility index (Phi) is 5.87. The van der Waals surface area contributed by atoms with Crippen molar-refractivity contribution in [3.05, 3.63) is 69.5 Å². The van der Waals surface area contributed by atoms with Gasteiger partial charge < -0.3 is 16.8 Å². The van der Waals surface area contributed by atoms with E-state index in [2.05, 4.69) is 20.3 Å². The largest absolute Gasteiger partial charge is 0.382 e. The first kappa shape index (κ1) is 23.4. The first-order valence-corrected chi connectivity index (χ1v) is 12.1. The maximum atomic E-state index is 14.1. The van der Waals surface area contributed by atoms with Crippen molar-refractivity contribution in [2.75, 3.05) is 23.0 Å². The Hall–Kier alpha value is -3.77. The van der Waals surface area contributed by atoms with Gasteiger partial charge in [0.25, 0.3) is 5.56 Å². The predicted octanol–water partition coefficient (Wildman–Crippen LogP) is 2.71. The fraction of sp³-hybridized carbons (Fsp3) is 0.143. The lowest BCUT2D eigenvalue weighted by Gasteiger charge is -2.21. The molecule has 34 heavy (non-hydrogen) atoms. The Morgan fingerprint density at radius 3 is 2.50 bits per heavy atom. The lowest BCUT2D eigenvalue weighted by Crippen LogP contribution is -2.28. The molecule has 0 saturated heterocycles. The number of fused-ring (bicyclic) bond motifs is 1. The molecule has 1 unspecified atom stereocenters. The summed E-state index contributed by atoms with van der Waals surface area (Å²) in [6, 6.07) is 8.88. The molecule has 13 heteroatoms. The van der Waals surface area contributed by atoms with Gasteiger partial charge in [-0.25, -0.2) is 17.8 Å². The summed E-state index contributed by atoms with van der Waals surface area (Å²) in [5, 5.41) is 2.89. The monoisotopic (exact) mass is 503 g/mol. The number of rotatable bonds is 5. The first-order valence-electron chi connectivity index (χ1n) is 9.84. The van der Waals surface area contributed by atoms with Crippen LogP contribution in [-0.4, -0.2) is 34.2 Å². The molecule has 0 bridgehead atoms. The van der Waals surface area contributed by atoms with E-state index in [1.54, 1.807) is 6.92 Å². The van der Waals surface area contributed by atoms with Gasteiger partial charge >= 0.3 is 0 Å². The molecule has 2 aromatic heterocycles. The standard InChI is InChI=1S/C21H19ClFN7O3S/c1-10(26-18-16(22)17(24)28-21(25)29-18)19-27-13-7-4-8-14(34(2,32)33)15(13)20(31)30(19)12-6-3-5-11(23)9-12/h3-10H,1-2H3,(H5,24,25,26,28,29). The Bertz CT molecular complexity index is 1610. The van der Waals surface area contributed by atoms with Gasteiger partial charge in [0.15, 0.2) is 15.7 Å². The summed E-state index contributed by atoms with van der Waals surface area (Å²) >= 11 is 6.20. The van der Waals surface area contributed by atoms with Crippen LogP contribution in [0, 0.1) is 5.82 Å². The molecule has 176 valence electrons. The quantitative estimate of drug-likeness (QED) is 0.372. The minimum Gasteiger partial charge on any atom is -0.382 e. The van der Waals surface area contributed by atoms with E-state index in [1.165, 1.54) is 36.4 Å². The van der Waals surface area contributed by atoms with E-state index in [4.69, 9.17) is 23.1 Å². The Morgan fingerprint density at radius 2 is 1.82 bits per heavy atom. The van der Waals surface area contributed by atoms with Crippen LogP contribution in [0.1, 0.15) is 18.8 Å². The number of nitrogens with zero attached hydrogens (tertiary/aromatic N) is 4. The average Bonchev–Trinajstić information content (AvgIpc) is 2.75. The second-order valence-corrected chi connectivity index (χ2v) is 9.87. The molecule has 0 aliphatic heterocycles. The van der Waals surface area contributed by atoms with Crippen LogP contribution in [0.25, 0.3) is 16.6 Å². The molecule has 0 aliphatic carbocycles. The van der Waals surface area contributed by atoms with Crippen molar-refractivity contribution in [3.63, 3.8) is 0 Å². The summed E-state index contributed by atoms with van der Waals surface area (Å²) in [4.78, 5) is 25.9. The van der Waals surface area contributed by atoms with Crippen molar-refractivity contribution in [2.45, 2.75) is 17.9 Å². The van der Waals surface area contributed by atoms with E-state index in [-0.39, 0.29) is 49.9 Å². The van der Waals surface area contributed by atoms with Gasteiger partial charge in [0.05, 0.1) is 27.5 Å². The zero-order chi connectivity index (χ0) is 24.8. The Balaban J connectivity index is 2.01. The second kappa shape index (κ2) is 8.54. The van der Waals surface area contributed by atoms with E-state index in [0.29, 0.717) is 0 Å². The third-order valence-electron chi connectivity index (χ3n) is 4.99. The van der Waals surface area contributed by atoms with Crippen LogP contribution in [0.3, 0.4) is 0 Å². The van der Waals surface area contributed by atoms with Crippen LogP contribution in [-0.2, 0) is 9.84 Å². The lowest BCUT2D eigenvalue weighted by atomic mass is 10.2. The molecular formula is C21H19ClFN7O3S. The molecule has 0 aliphatic rings. The van der Waals surface area contributed by atoms with Gasteiger partial charge in [0.1, 0.15) is 22.5 Å². The molecule has 2 heterocycles. The molecular weight excluding hydrogens is 485 g/mol. The number of halogens is 2. The Labute approximate surface area is 198 Å². The average molecular weight is 504 g/mol. The topological polar surface area (TPSA) is 159 Å². The highest BCUT2D eigenvalue weighted by Crippen LogP contribution is 2.30. The normalized spacial score (nSPS) is 12.6. The maximum Gasteiger partial charge on any atom is 0.267 e. The Morgan fingerprint density at radius 1 is 1.12 bits per heavy atom. The van der Waals surface area contributed by atoms with E-state index in [0.717, 1.165) is 16.9 Å². The summed E-state index contributed by atoms with van der Waals surface area (Å²) in [5.41, 5.74) is 11.0. The van der Waals surface area contributed by atoms with E-state index in [9.17, 15) is 17.6 Å². The number of hydrogen-bond donors (Lipinski definition) is 3. The van der Waals surface area contributed by atoms with Crippen LogP contribution in [0.5, 0.6) is 0 Å². The second-order valence-electron chi connectivity index (χ2n) is 7.51. The van der Waals surface area contributed by atoms with Crippen LogP contribution in [0.15, 0.2) is 52.2 Å². The molecule has 5 N–H and O–H groups in total. The minimum absolute atomic E-state index is 0.0147. The molecule has 0 saturated carbocycles. The minimum atomic E-state index is -3.76. The predicted molar refractivity (Wildman–Crippen MR) is 128 cm³/mol. The highest BCUT2D eigenvalue weighted by molar-refractivity contribution is 7.91. The summed E-state index contributed by atoms with van der Waals surface area (Å²) in [6.07, 6.45) is 0.998. The van der Waals surface area contributed by atoms with Crippen LogP contribution >= 0.6 is 11.6 Å². The van der Waals surface area contributed by atoms with Crippen molar-refractivity contribution in [3.8, 4) is 5.69 Å². The molecule has 2 aromatic carbocycles. The smallest absolute Gasteiger partial charge is 0.267 e. The number of benzene rings is 2. The molecule has 4 aromatic rings. The van der Waals surface area contributed by atoms with Crippen molar-refractivity contribution in [1.82, 2.24) is 19.5 Å². The zero-order valence-corrected chi connectivity index (χ0v) is 19.5. The number of nitrogens with one attached hydrogen (secondary N) is 1. The third-order valence-corrected chi connectivity index (χ3v) is 6.50. The third kappa shape index (κ3) is 4.24. The fourth-order valence-electron chi connectivity index (χ4n) is 3.53. The van der Waals surface area contributed by atoms with Crippen molar-refractivity contribution < 1.29 is 12.8 Å². The number of sulfone groups is 1. The summed E-state index contributed by atoms with van der Waals surface area (Å²) in [5.74, 6) is -0.518. The van der Waals surface area contributed by atoms with Crippen LogP contribution in [0.2, 0.25) is 5.02 Å². The molecule has 0 spiro atoms. The molecule has 10 nitrogen and oxygen atoms in total. The molecule has 0 fully saturated rings. The molecule has 0 amide bonds. The summed E-state index contributed by atoms with van der Waals surface area (Å²) in [7, 11) is -3.76. The zero-order valence-electron chi connectivity index (χ0n) is 18.0. The van der Waals surface area contributed by atoms with Gasteiger partial charge in [-0.05, 0) is 37.3 Å². The van der Waals surface area contributed by atoms with Gasteiger partial charge in [0.2, 0.25) is 5.95 Å².